The van der Waals surface area contributed by atoms with Gasteiger partial charge in [0, 0.05) is 24.0 Å². The Hall–Kier alpha value is -2.80. The number of H-pyrrole nitrogens is 1. The first-order valence-electron chi connectivity index (χ1n) is 9.80. The van der Waals surface area contributed by atoms with Crippen LogP contribution in [0.25, 0.3) is 22.2 Å². The van der Waals surface area contributed by atoms with Crippen LogP contribution in [0.5, 0.6) is 0 Å². The smallest absolute Gasteiger partial charge is 0.237 e. The van der Waals surface area contributed by atoms with E-state index in [0.717, 1.165) is 36.5 Å². The molecule has 2 aromatic carbocycles. The number of hydrogen-bond donors (Lipinski definition) is 3. The molecule has 2 aliphatic rings. The number of aromatic amines is 1. The first-order valence-corrected chi connectivity index (χ1v) is 9.80. The van der Waals surface area contributed by atoms with Gasteiger partial charge in [0.25, 0.3) is 0 Å². The zero-order valence-electron chi connectivity index (χ0n) is 15.6. The maximum absolute atomic E-state index is 14.4. The standard InChI is InChI=1S/C22H20F3N3O/c23-13-3-1-11(2-4-13)20-19(16-9-14(24)10-17(25)21(16)28-20)12-7-15(8-12)27-18-5-6-26-22(18)29/h1-4,9-10,12,15,18,27-28H,5-8H2,(H,26,29). The molecule has 1 aliphatic heterocycles. The molecule has 1 saturated heterocycles. The van der Waals surface area contributed by atoms with Gasteiger partial charge in [0.05, 0.1) is 17.3 Å². The van der Waals surface area contributed by atoms with Crippen LogP contribution >= 0.6 is 0 Å². The maximum Gasteiger partial charge on any atom is 0.237 e. The Morgan fingerprint density at radius 2 is 1.76 bits per heavy atom. The van der Waals surface area contributed by atoms with E-state index in [1.54, 1.807) is 12.1 Å². The molecule has 0 spiro atoms. The van der Waals surface area contributed by atoms with Crippen molar-refractivity contribution in [3.8, 4) is 11.3 Å². The van der Waals surface area contributed by atoms with Gasteiger partial charge in [-0.3, -0.25) is 4.79 Å². The lowest BCUT2D eigenvalue weighted by atomic mass is 9.74. The highest BCUT2D eigenvalue weighted by Gasteiger charge is 2.37. The van der Waals surface area contributed by atoms with Crippen LogP contribution in [-0.2, 0) is 4.79 Å². The zero-order chi connectivity index (χ0) is 20.1. The fourth-order valence-electron chi connectivity index (χ4n) is 4.54. The number of halogens is 3. The highest BCUT2D eigenvalue weighted by Crippen LogP contribution is 2.45. The van der Waals surface area contributed by atoms with Gasteiger partial charge in [0.1, 0.15) is 17.5 Å². The average molecular weight is 399 g/mol. The van der Waals surface area contributed by atoms with E-state index in [0.29, 0.717) is 17.6 Å². The Morgan fingerprint density at radius 1 is 1.00 bits per heavy atom. The second-order valence-electron chi connectivity index (χ2n) is 7.89. The number of rotatable bonds is 4. The van der Waals surface area contributed by atoms with Crippen LogP contribution in [0.3, 0.4) is 0 Å². The fourth-order valence-corrected chi connectivity index (χ4v) is 4.54. The first-order chi connectivity index (χ1) is 14.0. The quantitative estimate of drug-likeness (QED) is 0.622. The van der Waals surface area contributed by atoms with E-state index in [-0.39, 0.29) is 35.2 Å². The third-order valence-electron chi connectivity index (χ3n) is 6.03. The lowest BCUT2D eigenvalue weighted by Gasteiger charge is -2.38. The predicted molar refractivity (Wildman–Crippen MR) is 104 cm³/mol. The minimum Gasteiger partial charge on any atom is -0.355 e. The van der Waals surface area contributed by atoms with Gasteiger partial charge >= 0.3 is 0 Å². The van der Waals surface area contributed by atoms with E-state index in [1.807, 2.05) is 0 Å². The number of amides is 1. The van der Waals surface area contributed by atoms with Gasteiger partial charge in [-0.1, -0.05) is 0 Å². The number of aromatic nitrogens is 1. The van der Waals surface area contributed by atoms with Gasteiger partial charge in [-0.25, -0.2) is 13.2 Å². The molecule has 4 nitrogen and oxygen atoms in total. The van der Waals surface area contributed by atoms with Crippen molar-refractivity contribution in [1.29, 1.82) is 0 Å². The lowest BCUT2D eigenvalue weighted by molar-refractivity contribution is -0.121. The van der Waals surface area contributed by atoms with Crippen molar-refractivity contribution >= 4 is 16.8 Å². The van der Waals surface area contributed by atoms with Crippen molar-refractivity contribution in [2.75, 3.05) is 6.54 Å². The second kappa shape index (κ2) is 6.91. The minimum absolute atomic E-state index is 0.0247. The first kappa shape index (κ1) is 18.2. The van der Waals surface area contributed by atoms with Crippen LogP contribution in [0.15, 0.2) is 36.4 Å². The number of carbonyl (C=O) groups is 1. The molecule has 1 amide bonds. The second-order valence-corrected chi connectivity index (χ2v) is 7.89. The molecule has 7 heteroatoms. The molecule has 2 fully saturated rings. The summed E-state index contributed by atoms with van der Waals surface area (Å²) in [6, 6.07) is 8.19. The van der Waals surface area contributed by atoms with Crippen LogP contribution in [0, 0.1) is 17.5 Å². The van der Waals surface area contributed by atoms with E-state index in [1.165, 1.54) is 18.2 Å². The predicted octanol–water partition coefficient (Wildman–Crippen LogP) is 3.98. The number of hydrogen-bond acceptors (Lipinski definition) is 2. The Morgan fingerprint density at radius 3 is 2.45 bits per heavy atom. The van der Waals surface area contributed by atoms with E-state index >= 15 is 0 Å². The van der Waals surface area contributed by atoms with Crippen molar-refractivity contribution in [3.63, 3.8) is 0 Å². The van der Waals surface area contributed by atoms with Crippen molar-refractivity contribution in [2.24, 2.45) is 0 Å². The van der Waals surface area contributed by atoms with E-state index in [4.69, 9.17) is 0 Å². The van der Waals surface area contributed by atoms with Gasteiger partial charge in [-0.15, -0.1) is 0 Å². The normalized spacial score (nSPS) is 24.0. The zero-order valence-corrected chi connectivity index (χ0v) is 15.6. The summed E-state index contributed by atoms with van der Waals surface area (Å²) in [6.45, 7) is 0.683. The van der Waals surface area contributed by atoms with E-state index in [2.05, 4.69) is 15.6 Å². The minimum atomic E-state index is -0.647. The molecule has 0 bridgehead atoms. The van der Waals surface area contributed by atoms with Crippen molar-refractivity contribution < 1.29 is 18.0 Å². The third kappa shape index (κ3) is 3.19. The lowest BCUT2D eigenvalue weighted by Crippen LogP contribution is -2.48. The molecule has 0 radical (unpaired) electrons. The molecule has 5 rings (SSSR count). The number of carbonyl (C=O) groups excluding carboxylic acids is 1. The van der Waals surface area contributed by atoms with E-state index in [9.17, 15) is 18.0 Å². The highest BCUT2D eigenvalue weighted by atomic mass is 19.1. The number of nitrogens with one attached hydrogen (secondary N) is 3. The van der Waals surface area contributed by atoms with Gasteiger partial charge in [0.15, 0.2) is 0 Å². The summed E-state index contributed by atoms with van der Waals surface area (Å²) in [7, 11) is 0. The van der Waals surface area contributed by atoms with Gasteiger partial charge in [0.2, 0.25) is 5.91 Å². The molecular weight excluding hydrogens is 379 g/mol. The van der Waals surface area contributed by atoms with Gasteiger partial charge in [-0.2, -0.15) is 0 Å². The molecule has 1 atom stereocenters. The Labute approximate surface area is 165 Å². The molecule has 150 valence electrons. The summed E-state index contributed by atoms with van der Waals surface area (Å²) in [5.41, 5.74) is 2.52. The van der Waals surface area contributed by atoms with Crippen molar-refractivity contribution in [3.05, 3.63) is 59.4 Å². The number of benzene rings is 2. The highest BCUT2D eigenvalue weighted by molar-refractivity contribution is 5.92. The molecule has 29 heavy (non-hydrogen) atoms. The summed E-state index contributed by atoms with van der Waals surface area (Å²) < 4.78 is 41.7. The summed E-state index contributed by atoms with van der Waals surface area (Å²) in [6.07, 6.45) is 2.30. The molecule has 2 heterocycles. The van der Waals surface area contributed by atoms with Crippen LogP contribution in [0.2, 0.25) is 0 Å². The maximum atomic E-state index is 14.4. The molecular formula is C22H20F3N3O. The van der Waals surface area contributed by atoms with Crippen LogP contribution in [-0.4, -0.2) is 29.5 Å². The molecule has 1 saturated carbocycles. The molecule has 1 aromatic heterocycles. The number of fused-ring (bicyclic) bond motifs is 1. The summed E-state index contributed by atoms with van der Waals surface area (Å²) >= 11 is 0. The molecule has 1 unspecified atom stereocenters. The monoisotopic (exact) mass is 399 g/mol. The molecule has 3 aromatic rings. The largest absolute Gasteiger partial charge is 0.355 e. The van der Waals surface area contributed by atoms with Gasteiger partial charge in [-0.05, 0) is 66.6 Å². The third-order valence-corrected chi connectivity index (χ3v) is 6.03. The SMILES string of the molecule is O=C1NCCC1NC1CC(c2c(-c3ccc(F)cc3)[nH]c3c(F)cc(F)cc23)C1. The van der Waals surface area contributed by atoms with Crippen molar-refractivity contribution in [1.82, 2.24) is 15.6 Å². The van der Waals surface area contributed by atoms with Crippen LogP contribution in [0.4, 0.5) is 13.2 Å². The summed E-state index contributed by atoms with van der Waals surface area (Å²) in [5.74, 6) is -1.51. The van der Waals surface area contributed by atoms with Gasteiger partial charge < -0.3 is 15.6 Å². The Kier molecular flexibility index (Phi) is 4.35. The van der Waals surface area contributed by atoms with Crippen LogP contribution in [0.1, 0.15) is 30.7 Å². The molecule has 1 aliphatic carbocycles. The average Bonchev–Trinajstić information content (AvgIpc) is 3.22. The fraction of sp³-hybridized carbons (Fsp3) is 0.318. The Balaban J connectivity index is 1.49. The van der Waals surface area contributed by atoms with Crippen LogP contribution < -0.4 is 10.6 Å². The van der Waals surface area contributed by atoms with E-state index < -0.39 is 11.6 Å². The van der Waals surface area contributed by atoms with Crippen molar-refractivity contribution in [2.45, 2.75) is 37.3 Å². The Bertz CT molecular complexity index is 1090. The topological polar surface area (TPSA) is 56.9 Å². The summed E-state index contributed by atoms with van der Waals surface area (Å²) in [5, 5.41) is 6.71. The summed E-state index contributed by atoms with van der Waals surface area (Å²) in [4.78, 5) is 14.9. The molecule has 3 N–H and O–H groups in total.